The van der Waals surface area contributed by atoms with E-state index in [4.69, 9.17) is 0 Å². The Balaban J connectivity index is 1.94. The van der Waals surface area contributed by atoms with E-state index < -0.39 is 0 Å². The molecule has 1 N–H and O–H groups in total. The molecule has 0 fully saturated rings. The number of imidazole rings is 1. The van der Waals surface area contributed by atoms with Crippen molar-refractivity contribution in [1.29, 1.82) is 0 Å². The van der Waals surface area contributed by atoms with Crippen molar-refractivity contribution in [3.8, 4) is 11.4 Å². The maximum atomic E-state index is 13.4. The molecule has 0 spiro atoms. The van der Waals surface area contributed by atoms with E-state index in [0.29, 0.717) is 38.5 Å². The first-order chi connectivity index (χ1) is 14.1. The summed E-state index contributed by atoms with van der Waals surface area (Å²) in [6.07, 6.45) is 1.52. The van der Waals surface area contributed by atoms with Crippen molar-refractivity contribution in [2.24, 2.45) is 0 Å². The van der Waals surface area contributed by atoms with Crippen LogP contribution in [0, 0.1) is 4.91 Å². The van der Waals surface area contributed by atoms with E-state index in [2.05, 4.69) is 9.82 Å². The van der Waals surface area contributed by atoms with Gasteiger partial charge in [0.1, 0.15) is 16.9 Å². The third-order valence-electron chi connectivity index (χ3n) is 4.89. The predicted octanol–water partition coefficient (Wildman–Crippen LogP) is 3.47. The lowest BCUT2D eigenvalue weighted by Gasteiger charge is -2.11. The van der Waals surface area contributed by atoms with Crippen molar-refractivity contribution in [3.05, 3.63) is 82.1 Å². The maximum Gasteiger partial charge on any atom is 0.316 e. The van der Waals surface area contributed by atoms with Gasteiger partial charge in [-0.05, 0) is 30.3 Å². The van der Waals surface area contributed by atoms with Crippen LogP contribution in [-0.2, 0) is 4.84 Å². The van der Waals surface area contributed by atoms with Gasteiger partial charge >= 0.3 is 5.69 Å². The second-order valence-electron chi connectivity index (χ2n) is 6.54. The fourth-order valence-electron chi connectivity index (χ4n) is 3.58. The lowest BCUT2D eigenvalue weighted by molar-refractivity contribution is -0.736. The highest BCUT2D eigenvalue weighted by molar-refractivity contribution is 6.04. The minimum atomic E-state index is -0.225. The van der Waals surface area contributed by atoms with Crippen molar-refractivity contribution < 1.29 is 14.9 Å². The second-order valence-corrected chi connectivity index (χ2v) is 6.54. The molecule has 29 heavy (non-hydrogen) atoms. The Bertz CT molecular complexity index is 1480. The Morgan fingerprint density at radius 2 is 1.72 bits per heavy atom. The van der Waals surface area contributed by atoms with Crippen molar-refractivity contribution in [2.45, 2.75) is 0 Å². The van der Waals surface area contributed by atoms with Crippen LogP contribution in [0.3, 0.4) is 0 Å². The molecular weight excluding hydrogens is 372 g/mol. The number of nitrogens with zero attached hydrogens (tertiary/aromatic N) is 4. The van der Waals surface area contributed by atoms with Gasteiger partial charge in [0.05, 0.1) is 16.8 Å². The highest BCUT2D eigenvalue weighted by atomic mass is 16.8. The Morgan fingerprint density at radius 3 is 2.45 bits per heavy atom. The summed E-state index contributed by atoms with van der Waals surface area (Å²) in [6, 6.07) is 17.0. The average molecular weight is 387 g/mol. The molecule has 0 amide bonds. The van der Waals surface area contributed by atoms with Gasteiger partial charge in [0.25, 0.3) is 10.5 Å². The minimum absolute atomic E-state index is 0.0568. The molecule has 2 aromatic carbocycles. The van der Waals surface area contributed by atoms with E-state index in [-0.39, 0.29) is 11.3 Å². The van der Waals surface area contributed by atoms with Gasteiger partial charge in [-0.25, -0.2) is 9.82 Å². The standard InChI is InChI=1S/C21H14N4O4/c1-29-25(28)14-8-6-13(7-9-14)24-20-19(16-4-2-3-5-17(16)21(24)27)22-18-11-10-15(26)12-23(18)20/h2-12H,1H3/p+1. The summed E-state index contributed by atoms with van der Waals surface area (Å²) >= 11 is 0. The van der Waals surface area contributed by atoms with Crippen molar-refractivity contribution in [3.63, 3.8) is 0 Å². The van der Waals surface area contributed by atoms with Crippen LogP contribution in [0.25, 0.3) is 33.3 Å². The summed E-state index contributed by atoms with van der Waals surface area (Å²) in [5.41, 5.74) is 2.40. The van der Waals surface area contributed by atoms with Crippen molar-refractivity contribution in [1.82, 2.24) is 14.0 Å². The number of hydrogen-bond acceptors (Lipinski definition) is 5. The summed E-state index contributed by atoms with van der Waals surface area (Å²) in [5.74, 6) is 0.0568. The molecule has 5 aromatic rings. The summed E-state index contributed by atoms with van der Waals surface area (Å²) in [6.45, 7) is 0. The number of hydrogen-bond donors (Lipinski definition) is 1. The predicted molar refractivity (Wildman–Crippen MR) is 108 cm³/mol. The van der Waals surface area contributed by atoms with Gasteiger partial charge in [0, 0.05) is 22.9 Å². The molecule has 0 aliphatic carbocycles. The molecule has 3 heterocycles. The smallest absolute Gasteiger partial charge is 0.316 e. The van der Waals surface area contributed by atoms with Gasteiger partial charge in [-0.15, -0.1) is 0 Å². The minimum Gasteiger partial charge on any atom is -0.506 e. The molecule has 0 atom stereocenters. The summed E-state index contributed by atoms with van der Waals surface area (Å²) < 4.78 is 3.21. The van der Waals surface area contributed by atoms with Crippen LogP contribution < -0.4 is 5.56 Å². The second kappa shape index (κ2) is 6.16. The monoisotopic (exact) mass is 387 g/mol. The maximum absolute atomic E-state index is 13.4. The topological polar surface area (TPSA) is 88.8 Å². The normalized spacial score (nSPS) is 11.3. The molecule has 0 bridgehead atoms. The number of pyridine rings is 2. The van der Waals surface area contributed by atoms with Crippen molar-refractivity contribution in [2.75, 3.05) is 7.11 Å². The van der Waals surface area contributed by atoms with Gasteiger partial charge in [-0.3, -0.25) is 13.8 Å². The zero-order valence-corrected chi connectivity index (χ0v) is 15.3. The van der Waals surface area contributed by atoms with Crippen LogP contribution in [0.1, 0.15) is 0 Å². The first-order valence-electron chi connectivity index (χ1n) is 8.85. The Morgan fingerprint density at radius 1 is 1.00 bits per heavy atom. The molecule has 3 aromatic heterocycles. The van der Waals surface area contributed by atoms with E-state index in [0.717, 1.165) is 5.39 Å². The Labute approximate surface area is 163 Å². The van der Waals surface area contributed by atoms with E-state index in [1.807, 2.05) is 12.1 Å². The molecule has 5 rings (SSSR count). The Hall–Kier alpha value is -4.20. The number of aromatic hydroxyl groups is 1. The Kier molecular flexibility index (Phi) is 3.60. The SMILES string of the molecule is CO[N+](=O)c1ccc(-n2c(=O)c3ccccc3c3nc4ccc(O)cn4c32)cc1. The quantitative estimate of drug-likeness (QED) is 0.479. The third kappa shape index (κ3) is 2.46. The van der Waals surface area contributed by atoms with Crippen molar-refractivity contribution >= 4 is 33.3 Å². The summed E-state index contributed by atoms with van der Waals surface area (Å²) in [7, 11) is 1.28. The molecule has 8 nitrogen and oxygen atoms in total. The highest BCUT2D eigenvalue weighted by Crippen LogP contribution is 2.27. The average Bonchev–Trinajstić information content (AvgIpc) is 3.12. The van der Waals surface area contributed by atoms with Gasteiger partial charge in [0.15, 0.2) is 12.8 Å². The number of rotatable bonds is 3. The largest absolute Gasteiger partial charge is 0.506 e. The van der Waals surface area contributed by atoms with Crippen LogP contribution in [0.15, 0.2) is 71.7 Å². The van der Waals surface area contributed by atoms with Crippen LogP contribution in [0.2, 0.25) is 0 Å². The van der Waals surface area contributed by atoms with Crippen LogP contribution in [-0.4, -0.2) is 31.1 Å². The molecule has 0 aliphatic rings. The van der Waals surface area contributed by atoms with Gasteiger partial charge in [-0.1, -0.05) is 18.2 Å². The fourth-order valence-corrected chi connectivity index (χ4v) is 3.58. The fraction of sp³-hybridized carbons (Fsp3) is 0.0476. The number of aromatic nitrogens is 3. The molecular formula is C21H15N4O4+. The summed E-state index contributed by atoms with van der Waals surface area (Å²) in [5, 5.41) is 11.2. The lowest BCUT2D eigenvalue weighted by Crippen LogP contribution is -2.20. The molecule has 142 valence electrons. The summed E-state index contributed by atoms with van der Waals surface area (Å²) in [4.78, 5) is 34.8. The third-order valence-corrected chi connectivity index (χ3v) is 4.89. The van der Waals surface area contributed by atoms with Crippen LogP contribution in [0.4, 0.5) is 5.69 Å². The molecule has 0 saturated carbocycles. The molecule has 0 aliphatic heterocycles. The molecule has 0 radical (unpaired) electrons. The first kappa shape index (κ1) is 16.9. The van der Waals surface area contributed by atoms with E-state index >= 15 is 0 Å². The van der Waals surface area contributed by atoms with E-state index in [9.17, 15) is 14.8 Å². The highest BCUT2D eigenvalue weighted by Gasteiger charge is 2.19. The molecule has 0 saturated heterocycles. The van der Waals surface area contributed by atoms with Gasteiger partial charge in [0.2, 0.25) is 0 Å². The van der Waals surface area contributed by atoms with E-state index in [1.54, 1.807) is 52.9 Å². The van der Waals surface area contributed by atoms with E-state index in [1.165, 1.54) is 17.9 Å². The van der Waals surface area contributed by atoms with Gasteiger partial charge < -0.3 is 5.11 Å². The number of fused-ring (bicyclic) bond motifs is 5. The van der Waals surface area contributed by atoms with Gasteiger partial charge in [-0.2, -0.15) is 0 Å². The number of benzene rings is 2. The van der Waals surface area contributed by atoms with Crippen LogP contribution in [0.5, 0.6) is 5.75 Å². The lowest BCUT2D eigenvalue weighted by atomic mass is 10.1. The first-order valence-corrected chi connectivity index (χ1v) is 8.85. The molecule has 8 heteroatoms. The van der Waals surface area contributed by atoms with Crippen LogP contribution >= 0.6 is 0 Å². The zero-order chi connectivity index (χ0) is 20.1. The molecule has 0 unspecified atom stereocenters. The zero-order valence-electron chi connectivity index (χ0n) is 15.3.